The van der Waals surface area contributed by atoms with Crippen molar-refractivity contribution in [3.8, 4) is 0 Å². The maximum Gasteiger partial charge on any atom is 0.486 e. The van der Waals surface area contributed by atoms with Gasteiger partial charge in [0.2, 0.25) is 0 Å². The van der Waals surface area contributed by atoms with Crippen LogP contribution in [-0.2, 0) is 14.0 Å². The minimum Gasteiger partial charge on any atom is -0.402 e. The van der Waals surface area contributed by atoms with Gasteiger partial charge in [0.1, 0.15) is 5.60 Å². The number of hydrogen-bond acceptors (Lipinski definition) is 4. The zero-order valence-electron chi connectivity index (χ0n) is 16.5. The second-order valence-electron chi connectivity index (χ2n) is 5.67. The molecule has 2 atom stereocenters. The molecule has 2 rings (SSSR count). The lowest BCUT2D eigenvalue weighted by atomic mass is 9.87. The standard InChI is InChI=1S/C15H23BO4.2C2H6/c1-5-13(15(17)10-18-11-15)8-7-9-16-19-12(3)14(4,6-2)20-16;2*1-2/h5,7-9,12,17H,1,6,10-11H2,2-4H3;2*1-2H3/b9-7+,13-8+;;. The Morgan fingerprint density at radius 1 is 1.29 bits per heavy atom. The fourth-order valence-corrected chi connectivity index (χ4v) is 2.31. The van der Waals surface area contributed by atoms with Crippen LogP contribution in [0.1, 0.15) is 54.9 Å². The molecule has 2 fully saturated rings. The molecule has 0 amide bonds. The SMILES string of the molecule is C=C/C(=C\C=C\B1OC(C)C(C)(CC)O1)C1(O)COC1.CC.CC. The van der Waals surface area contributed by atoms with Gasteiger partial charge < -0.3 is 19.2 Å². The topological polar surface area (TPSA) is 47.9 Å². The van der Waals surface area contributed by atoms with Crippen LogP contribution in [-0.4, -0.2) is 42.7 Å². The van der Waals surface area contributed by atoms with Crippen LogP contribution in [0.25, 0.3) is 0 Å². The van der Waals surface area contributed by atoms with Gasteiger partial charge in [-0.2, -0.15) is 0 Å². The van der Waals surface area contributed by atoms with Gasteiger partial charge in [0.15, 0.2) is 0 Å². The van der Waals surface area contributed by atoms with Gasteiger partial charge in [-0.3, -0.25) is 0 Å². The fourth-order valence-electron chi connectivity index (χ4n) is 2.31. The van der Waals surface area contributed by atoms with Gasteiger partial charge >= 0.3 is 7.12 Å². The van der Waals surface area contributed by atoms with E-state index in [9.17, 15) is 5.11 Å². The summed E-state index contributed by atoms with van der Waals surface area (Å²) < 4.78 is 16.7. The average molecular weight is 338 g/mol. The monoisotopic (exact) mass is 338 g/mol. The molecule has 0 aromatic carbocycles. The first-order valence-corrected chi connectivity index (χ1v) is 9.08. The summed E-state index contributed by atoms with van der Waals surface area (Å²) in [5, 5.41) is 10.2. The molecule has 2 unspecified atom stereocenters. The van der Waals surface area contributed by atoms with E-state index in [4.69, 9.17) is 14.0 Å². The van der Waals surface area contributed by atoms with E-state index in [0.717, 1.165) is 12.0 Å². The van der Waals surface area contributed by atoms with Crippen LogP contribution in [0.2, 0.25) is 0 Å². The lowest BCUT2D eigenvalue weighted by Crippen LogP contribution is -2.50. The quantitative estimate of drug-likeness (QED) is 0.606. The third kappa shape index (κ3) is 5.59. The Labute approximate surface area is 148 Å². The summed E-state index contributed by atoms with van der Waals surface area (Å²) in [6.45, 7) is 18.5. The zero-order valence-corrected chi connectivity index (χ0v) is 16.5. The largest absolute Gasteiger partial charge is 0.486 e. The molecule has 2 aliphatic rings. The fraction of sp³-hybridized carbons (Fsp3) is 0.684. The van der Waals surface area contributed by atoms with Gasteiger partial charge in [-0.05, 0) is 25.8 Å². The van der Waals surface area contributed by atoms with Crippen LogP contribution in [0.5, 0.6) is 0 Å². The van der Waals surface area contributed by atoms with Crippen molar-refractivity contribution >= 4 is 7.12 Å². The Morgan fingerprint density at radius 2 is 1.88 bits per heavy atom. The van der Waals surface area contributed by atoms with Crippen molar-refractivity contribution < 1.29 is 19.2 Å². The molecule has 0 bridgehead atoms. The maximum absolute atomic E-state index is 10.2. The van der Waals surface area contributed by atoms with Gasteiger partial charge in [-0.1, -0.05) is 65.4 Å². The normalized spacial score (nSPS) is 28.4. The first kappa shape index (κ1) is 23.1. The van der Waals surface area contributed by atoms with Gasteiger partial charge in [-0.25, -0.2) is 0 Å². The van der Waals surface area contributed by atoms with E-state index in [2.05, 4.69) is 20.4 Å². The van der Waals surface area contributed by atoms with E-state index in [1.165, 1.54) is 0 Å². The summed E-state index contributed by atoms with van der Waals surface area (Å²) in [5.74, 6) is 1.85. The first-order chi connectivity index (χ1) is 11.4. The van der Waals surface area contributed by atoms with Gasteiger partial charge in [0, 0.05) is 0 Å². The average Bonchev–Trinajstić information content (AvgIpc) is 2.88. The molecule has 0 spiro atoms. The van der Waals surface area contributed by atoms with E-state index >= 15 is 0 Å². The highest BCUT2D eigenvalue weighted by atomic mass is 16.7. The molecule has 24 heavy (non-hydrogen) atoms. The summed E-state index contributed by atoms with van der Waals surface area (Å²) in [7, 11) is -0.343. The maximum atomic E-state index is 10.2. The van der Waals surface area contributed by atoms with Crippen molar-refractivity contribution in [2.24, 2.45) is 0 Å². The van der Waals surface area contributed by atoms with E-state index in [1.807, 2.05) is 52.7 Å². The third-order valence-corrected chi connectivity index (χ3v) is 4.27. The van der Waals surface area contributed by atoms with Gasteiger partial charge in [0.25, 0.3) is 0 Å². The summed E-state index contributed by atoms with van der Waals surface area (Å²) >= 11 is 0. The van der Waals surface area contributed by atoms with Crippen molar-refractivity contribution in [3.05, 3.63) is 36.4 Å². The van der Waals surface area contributed by atoms with Crippen LogP contribution in [0.3, 0.4) is 0 Å². The molecule has 0 radical (unpaired) electrons. The highest BCUT2D eigenvalue weighted by molar-refractivity contribution is 6.51. The van der Waals surface area contributed by atoms with Crippen LogP contribution >= 0.6 is 0 Å². The molecule has 0 aromatic heterocycles. The van der Waals surface area contributed by atoms with Gasteiger partial charge in [-0.15, -0.1) is 0 Å². The van der Waals surface area contributed by atoms with Crippen LogP contribution in [0, 0.1) is 0 Å². The summed E-state index contributed by atoms with van der Waals surface area (Å²) in [5.41, 5.74) is -0.376. The number of rotatable bonds is 5. The Balaban J connectivity index is 0.00000123. The summed E-state index contributed by atoms with van der Waals surface area (Å²) in [6, 6.07) is 0. The number of ether oxygens (including phenoxy) is 1. The smallest absolute Gasteiger partial charge is 0.402 e. The van der Waals surface area contributed by atoms with E-state index < -0.39 is 5.60 Å². The minimum absolute atomic E-state index is 0.0641. The molecule has 2 aliphatic heterocycles. The number of aliphatic hydroxyl groups is 1. The van der Waals surface area contributed by atoms with Crippen molar-refractivity contribution in [1.82, 2.24) is 0 Å². The molecular weight excluding hydrogens is 303 g/mol. The van der Waals surface area contributed by atoms with Crippen LogP contribution in [0.4, 0.5) is 0 Å². The highest BCUT2D eigenvalue weighted by Crippen LogP contribution is 2.31. The molecule has 5 heteroatoms. The molecule has 2 heterocycles. The Bertz CT molecular complexity index is 429. The second kappa shape index (κ2) is 10.9. The third-order valence-electron chi connectivity index (χ3n) is 4.27. The van der Waals surface area contributed by atoms with Crippen molar-refractivity contribution in [3.63, 3.8) is 0 Å². The highest BCUT2D eigenvalue weighted by Gasteiger charge is 2.43. The minimum atomic E-state index is -0.894. The van der Waals surface area contributed by atoms with E-state index in [1.54, 1.807) is 6.08 Å². The first-order valence-electron chi connectivity index (χ1n) is 9.08. The number of hydrogen-bond donors (Lipinski definition) is 1. The van der Waals surface area contributed by atoms with E-state index in [-0.39, 0.29) is 18.8 Å². The number of allylic oxidation sites excluding steroid dienone is 2. The van der Waals surface area contributed by atoms with Crippen molar-refractivity contribution in [2.45, 2.75) is 72.2 Å². The zero-order chi connectivity index (χ0) is 18.8. The molecule has 138 valence electrons. The molecule has 4 nitrogen and oxygen atoms in total. The molecule has 0 saturated carbocycles. The molecule has 1 N–H and O–H groups in total. The van der Waals surface area contributed by atoms with Crippen molar-refractivity contribution in [1.29, 1.82) is 0 Å². The Morgan fingerprint density at radius 3 is 2.25 bits per heavy atom. The summed E-state index contributed by atoms with van der Waals surface area (Å²) in [4.78, 5) is 0. The van der Waals surface area contributed by atoms with Crippen LogP contribution in [0.15, 0.2) is 36.4 Å². The molecule has 2 saturated heterocycles. The van der Waals surface area contributed by atoms with Crippen LogP contribution < -0.4 is 0 Å². The lowest BCUT2D eigenvalue weighted by Gasteiger charge is -2.37. The summed E-state index contributed by atoms with van der Waals surface area (Å²) in [6.07, 6.45) is 6.29. The lowest BCUT2D eigenvalue weighted by molar-refractivity contribution is -0.152. The van der Waals surface area contributed by atoms with E-state index in [0.29, 0.717) is 13.2 Å². The predicted octanol–water partition coefficient (Wildman–Crippen LogP) is 4.10. The predicted molar refractivity (Wildman–Crippen MR) is 102 cm³/mol. The van der Waals surface area contributed by atoms with Gasteiger partial charge in [0.05, 0.1) is 24.9 Å². The molecule has 0 aliphatic carbocycles. The molecular formula is C19H35BO4. The Kier molecular flexibility index (Phi) is 10.5. The Hall–Kier alpha value is -0.875. The molecule has 0 aromatic rings. The van der Waals surface area contributed by atoms with Crippen molar-refractivity contribution in [2.75, 3.05) is 13.2 Å². The second-order valence-corrected chi connectivity index (χ2v) is 5.67.